The molecular formula is C13H14F3N3O. The molecule has 4 N–H and O–H groups in total. The average molecular weight is 285 g/mol. The van der Waals surface area contributed by atoms with Gasteiger partial charge in [0.15, 0.2) is 0 Å². The van der Waals surface area contributed by atoms with Gasteiger partial charge >= 0.3 is 12.2 Å². The van der Waals surface area contributed by atoms with E-state index in [0.717, 1.165) is 11.1 Å². The van der Waals surface area contributed by atoms with Crippen LogP contribution < -0.4 is 16.4 Å². The van der Waals surface area contributed by atoms with E-state index in [1.54, 1.807) is 30.4 Å². The van der Waals surface area contributed by atoms with Crippen LogP contribution in [0.2, 0.25) is 0 Å². The topological polar surface area (TPSA) is 67.2 Å². The van der Waals surface area contributed by atoms with Crippen LogP contribution in [-0.2, 0) is 0 Å². The Morgan fingerprint density at radius 3 is 2.65 bits per heavy atom. The van der Waals surface area contributed by atoms with Crippen LogP contribution in [0, 0.1) is 18.8 Å². The molecular weight excluding hydrogens is 271 g/mol. The zero-order valence-corrected chi connectivity index (χ0v) is 10.8. The lowest BCUT2D eigenvalue weighted by Crippen LogP contribution is -2.36. The number of amides is 2. The largest absolute Gasteiger partial charge is 0.405 e. The number of benzene rings is 1. The fraction of sp³-hybridized carbons (Fsp3) is 0.308. The summed E-state index contributed by atoms with van der Waals surface area (Å²) in [4.78, 5) is 11.3. The number of alkyl halides is 3. The molecule has 0 saturated heterocycles. The predicted molar refractivity (Wildman–Crippen MR) is 70.2 cm³/mol. The molecule has 0 aliphatic carbocycles. The van der Waals surface area contributed by atoms with Crippen molar-refractivity contribution in [3.63, 3.8) is 0 Å². The summed E-state index contributed by atoms with van der Waals surface area (Å²) in [7, 11) is 0. The smallest absolute Gasteiger partial charge is 0.329 e. The summed E-state index contributed by atoms with van der Waals surface area (Å²) in [6, 6.07) is 3.92. The molecule has 0 aliphatic heterocycles. The SMILES string of the molecule is Cc1cc(NC(=O)NCC(F)(F)F)ccc1C#CCN. The summed E-state index contributed by atoms with van der Waals surface area (Å²) in [5, 5.41) is 4.04. The number of rotatable bonds is 2. The minimum absolute atomic E-state index is 0.235. The number of nitrogens with two attached hydrogens (primary N) is 1. The highest BCUT2D eigenvalue weighted by atomic mass is 19.4. The highest BCUT2D eigenvalue weighted by Crippen LogP contribution is 2.15. The van der Waals surface area contributed by atoms with Crippen molar-refractivity contribution in [1.29, 1.82) is 0 Å². The maximum atomic E-state index is 11.9. The molecule has 0 aromatic heterocycles. The fourth-order valence-corrected chi connectivity index (χ4v) is 1.38. The molecule has 2 amide bonds. The van der Waals surface area contributed by atoms with E-state index in [1.807, 2.05) is 0 Å². The number of anilines is 1. The first-order chi connectivity index (χ1) is 9.31. The van der Waals surface area contributed by atoms with Crippen molar-refractivity contribution >= 4 is 11.7 Å². The van der Waals surface area contributed by atoms with E-state index in [4.69, 9.17) is 5.73 Å². The van der Waals surface area contributed by atoms with Crippen LogP contribution >= 0.6 is 0 Å². The molecule has 7 heteroatoms. The van der Waals surface area contributed by atoms with Crippen LogP contribution in [0.15, 0.2) is 18.2 Å². The van der Waals surface area contributed by atoms with Crippen LogP contribution in [0.1, 0.15) is 11.1 Å². The van der Waals surface area contributed by atoms with Crippen LogP contribution in [0.4, 0.5) is 23.7 Å². The van der Waals surface area contributed by atoms with Gasteiger partial charge in [-0.25, -0.2) is 4.79 Å². The Morgan fingerprint density at radius 2 is 2.10 bits per heavy atom. The third-order valence-electron chi connectivity index (χ3n) is 2.26. The van der Waals surface area contributed by atoms with Crippen molar-refractivity contribution in [2.24, 2.45) is 5.73 Å². The van der Waals surface area contributed by atoms with Crippen LogP contribution in [0.25, 0.3) is 0 Å². The van der Waals surface area contributed by atoms with Crippen LogP contribution in [0.5, 0.6) is 0 Å². The third kappa shape index (κ3) is 5.63. The monoisotopic (exact) mass is 285 g/mol. The number of hydrogen-bond donors (Lipinski definition) is 3. The van der Waals surface area contributed by atoms with Gasteiger partial charge in [0, 0.05) is 11.3 Å². The Kier molecular flexibility index (Phi) is 5.41. The zero-order chi connectivity index (χ0) is 15.2. The van der Waals surface area contributed by atoms with Gasteiger partial charge in [-0.3, -0.25) is 0 Å². The molecule has 0 heterocycles. The van der Waals surface area contributed by atoms with Crippen molar-refractivity contribution in [3.8, 4) is 11.8 Å². The highest BCUT2D eigenvalue weighted by molar-refractivity contribution is 5.89. The molecule has 0 radical (unpaired) electrons. The van der Waals surface area contributed by atoms with E-state index >= 15 is 0 Å². The first-order valence-corrected chi connectivity index (χ1v) is 5.73. The van der Waals surface area contributed by atoms with Crippen molar-refractivity contribution in [3.05, 3.63) is 29.3 Å². The maximum absolute atomic E-state index is 11.9. The molecule has 0 spiro atoms. The van der Waals surface area contributed by atoms with Crippen molar-refractivity contribution in [2.75, 3.05) is 18.4 Å². The summed E-state index contributed by atoms with van der Waals surface area (Å²) in [5.41, 5.74) is 7.19. The summed E-state index contributed by atoms with van der Waals surface area (Å²) in [6.45, 7) is 0.635. The van der Waals surface area contributed by atoms with Crippen LogP contribution in [0.3, 0.4) is 0 Å². The molecule has 108 valence electrons. The van der Waals surface area contributed by atoms with E-state index in [9.17, 15) is 18.0 Å². The van der Waals surface area contributed by atoms with E-state index in [2.05, 4.69) is 17.2 Å². The molecule has 0 bridgehead atoms. The normalized spacial score (nSPS) is 10.4. The Hall–Kier alpha value is -2.20. The molecule has 1 rings (SSSR count). The number of halogens is 3. The van der Waals surface area contributed by atoms with Gasteiger partial charge in [-0.05, 0) is 30.7 Å². The van der Waals surface area contributed by atoms with Crippen molar-refractivity contribution < 1.29 is 18.0 Å². The maximum Gasteiger partial charge on any atom is 0.405 e. The minimum Gasteiger partial charge on any atom is -0.329 e. The third-order valence-corrected chi connectivity index (χ3v) is 2.26. The van der Waals surface area contributed by atoms with Gasteiger partial charge < -0.3 is 16.4 Å². The average Bonchev–Trinajstić information content (AvgIpc) is 2.35. The molecule has 20 heavy (non-hydrogen) atoms. The number of urea groups is 1. The fourth-order valence-electron chi connectivity index (χ4n) is 1.38. The molecule has 1 aromatic carbocycles. The van der Waals surface area contributed by atoms with Gasteiger partial charge in [-0.2, -0.15) is 13.2 Å². The quantitative estimate of drug-likeness (QED) is 0.727. The molecule has 0 atom stereocenters. The van der Waals surface area contributed by atoms with Crippen molar-refractivity contribution in [1.82, 2.24) is 5.32 Å². The second kappa shape index (κ2) is 6.82. The number of nitrogens with one attached hydrogen (secondary N) is 2. The van der Waals surface area contributed by atoms with Crippen LogP contribution in [-0.4, -0.2) is 25.3 Å². The Labute approximate surface area is 114 Å². The first-order valence-electron chi connectivity index (χ1n) is 5.73. The highest BCUT2D eigenvalue weighted by Gasteiger charge is 2.27. The van der Waals surface area contributed by atoms with Gasteiger partial charge in [-0.1, -0.05) is 11.8 Å². The van der Waals surface area contributed by atoms with E-state index in [-0.39, 0.29) is 6.54 Å². The lowest BCUT2D eigenvalue weighted by molar-refractivity contribution is -0.122. The Bertz CT molecular complexity index is 544. The number of hydrogen-bond acceptors (Lipinski definition) is 2. The minimum atomic E-state index is -4.44. The van der Waals surface area contributed by atoms with E-state index < -0.39 is 18.8 Å². The first kappa shape index (κ1) is 15.9. The molecule has 0 unspecified atom stereocenters. The van der Waals surface area contributed by atoms with Gasteiger partial charge in [0.2, 0.25) is 0 Å². The second-order valence-electron chi connectivity index (χ2n) is 3.96. The summed E-state index contributed by atoms with van der Waals surface area (Å²) in [6.07, 6.45) is -4.44. The number of carbonyl (C=O) groups excluding carboxylic acids is 1. The van der Waals surface area contributed by atoms with Gasteiger partial charge in [0.25, 0.3) is 0 Å². The molecule has 0 fully saturated rings. The van der Waals surface area contributed by atoms with Gasteiger partial charge in [0.05, 0.1) is 6.54 Å². The summed E-state index contributed by atoms with van der Waals surface area (Å²) >= 11 is 0. The molecule has 0 aliphatic rings. The zero-order valence-electron chi connectivity index (χ0n) is 10.8. The van der Waals surface area contributed by atoms with E-state index in [0.29, 0.717) is 5.69 Å². The van der Waals surface area contributed by atoms with E-state index in [1.165, 1.54) is 0 Å². The lowest BCUT2D eigenvalue weighted by atomic mass is 10.1. The standard InChI is InChI=1S/C13H14F3N3O/c1-9-7-11(5-4-10(9)3-2-6-17)19-12(20)18-8-13(14,15)16/h4-5,7H,6,8,17H2,1H3,(H2,18,19,20). The number of aryl methyl sites for hydroxylation is 1. The molecule has 4 nitrogen and oxygen atoms in total. The molecule has 1 aromatic rings. The Balaban J connectivity index is 2.65. The molecule has 0 saturated carbocycles. The summed E-state index contributed by atoms with van der Waals surface area (Å²) in [5.74, 6) is 5.54. The summed E-state index contributed by atoms with van der Waals surface area (Å²) < 4.78 is 35.8. The lowest BCUT2D eigenvalue weighted by Gasteiger charge is -2.10. The van der Waals surface area contributed by atoms with Gasteiger partial charge in [-0.15, -0.1) is 0 Å². The van der Waals surface area contributed by atoms with Crippen molar-refractivity contribution in [2.45, 2.75) is 13.1 Å². The second-order valence-corrected chi connectivity index (χ2v) is 3.96. The predicted octanol–water partition coefficient (Wildman–Crippen LogP) is 1.99. The van der Waals surface area contributed by atoms with Gasteiger partial charge in [0.1, 0.15) is 6.54 Å². The Morgan fingerprint density at radius 1 is 1.40 bits per heavy atom. The number of carbonyl (C=O) groups is 1.